The molecule has 66 valence electrons. The number of aliphatic hydroxyl groups excluding tert-OH is 1. The van der Waals surface area contributed by atoms with Crippen molar-refractivity contribution in [3.63, 3.8) is 0 Å². The lowest BCUT2D eigenvalue weighted by Gasteiger charge is -2.16. The van der Waals surface area contributed by atoms with Crippen molar-refractivity contribution >= 4 is 5.91 Å². The average Bonchev–Trinajstić information content (AvgIpc) is 1.85. The minimum atomic E-state index is -4.84. The van der Waals surface area contributed by atoms with Crippen molar-refractivity contribution in [3.8, 4) is 0 Å². The summed E-state index contributed by atoms with van der Waals surface area (Å²) < 4.78 is 34.7. The molecular formula is C5H8F3NO2. The van der Waals surface area contributed by atoms with E-state index >= 15 is 0 Å². The highest BCUT2D eigenvalue weighted by molar-refractivity contribution is 5.81. The van der Waals surface area contributed by atoms with Gasteiger partial charge < -0.3 is 10.0 Å². The third-order valence-electron chi connectivity index (χ3n) is 1.02. The lowest BCUT2D eigenvalue weighted by Crippen LogP contribution is -2.39. The van der Waals surface area contributed by atoms with Crippen molar-refractivity contribution in [1.29, 1.82) is 0 Å². The van der Waals surface area contributed by atoms with E-state index in [4.69, 9.17) is 5.11 Å². The van der Waals surface area contributed by atoms with Crippen molar-refractivity contribution in [2.75, 3.05) is 20.2 Å². The highest BCUT2D eigenvalue weighted by Gasteiger charge is 2.40. The van der Waals surface area contributed by atoms with Gasteiger partial charge in [-0.2, -0.15) is 13.2 Å². The van der Waals surface area contributed by atoms with Gasteiger partial charge >= 0.3 is 12.1 Å². The van der Waals surface area contributed by atoms with Gasteiger partial charge in [0.2, 0.25) is 0 Å². The molecule has 1 amide bonds. The van der Waals surface area contributed by atoms with Crippen molar-refractivity contribution in [2.24, 2.45) is 0 Å². The van der Waals surface area contributed by atoms with E-state index in [-0.39, 0.29) is 6.54 Å². The van der Waals surface area contributed by atoms with Crippen molar-refractivity contribution < 1.29 is 23.1 Å². The molecule has 0 bridgehead atoms. The lowest BCUT2D eigenvalue weighted by molar-refractivity contribution is -0.184. The number of halogens is 3. The molecule has 0 saturated heterocycles. The second kappa shape index (κ2) is 3.56. The zero-order valence-electron chi connectivity index (χ0n) is 5.85. The van der Waals surface area contributed by atoms with Crippen LogP contribution in [0.4, 0.5) is 13.2 Å². The smallest absolute Gasteiger partial charge is 0.395 e. The Morgan fingerprint density at radius 3 is 2.27 bits per heavy atom. The molecule has 6 heteroatoms. The highest BCUT2D eigenvalue weighted by atomic mass is 19.4. The zero-order chi connectivity index (χ0) is 9.07. The maximum atomic E-state index is 11.6. The lowest BCUT2D eigenvalue weighted by atomic mass is 10.5. The first-order valence-electron chi connectivity index (χ1n) is 2.82. The molecule has 0 aliphatic carbocycles. The van der Waals surface area contributed by atoms with Crippen LogP contribution >= 0.6 is 0 Å². The van der Waals surface area contributed by atoms with E-state index in [0.29, 0.717) is 4.90 Å². The van der Waals surface area contributed by atoms with Crippen LogP contribution in [0.5, 0.6) is 0 Å². The largest absolute Gasteiger partial charge is 0.471 e. The van der Waals surface area contributed by atoms with Gasteiger partial charge in [0.05, 0.1) is 6.61 Å². The van der Waals surface area contributed by atoms with Crippen molar-refractivity contribution in [1.82, 2.24) is 4.90 Å². The summed E-state index contributed by atoms with van der Waals surface area (Å²) in [4.78, 5) is 10.7. The molecule has 0 aromatic heterocycles. The monoisotopic (exact) mass is 171 g/mol. The van der Waals surface area contributed by atoms with Crippen molar-refractivity contribution in [2.45, 2.75) is 6.18 Å². The molecule has 0 aromatic rings. The minimum Gasteiger partial charge on any atom is -0.395 e. The standard InChI is InChI=1S/C5H8F3NO2/c1-9(2-3-10)4(11)5(6,7)8/h10H,2-3H2,1H3. The summed E-state index contributed by atoms with van der Waals surface area (Å²) in [5.74, 6) is -1.94. The molecule has 0 heterocycles. The van der Waals surface area contributed by atoms with E-state index in [1.54, 1.807) is 0 Å². The van der Waals surface area contributed by atoms with Crippen LogP contribution in [0, 0.1) is 0 Å². The van der Waals surface area contributed by atoms with E-state index in [1.807, 2.05) is 0 Å². The van der Waals surface area contributed by atoms with Gasteiger partial charge in [0.1, 0.15) is 0 Å². The van der Waals surface area contributed by atoms with Crippen LogP contribution in [0.15, 0.2) is 0 Å². The molecule has 0 atom stereocenters. The summed E-state index contributed by atoms with van der Waals surface area (Å²) in [5.41, 5.74) is 0. The van der Waals surface area contributed by atoms with Gasteiger partial charge in [0.25, 0.3) is 0 Å². The fourth-order valence-electron chi connectivity index (χ4n) is 0.468. The summed E-state index contributed by atoms with van der Waals surface area (Å²) in [6, 6.07) is 0. The SMILES string of the molecule is CN(CCO)C(=O)C(F)(F)F. The Hall–Kier alpha value is -0.780. The molecule has 0 radical (unpaired) electrons. The number of carbonyl (C=O) groups is 1. The number of alkyl halides is 3. The maximum Gasteiger partial charge on any atom is 0.471 e. The predicted molar refractivity (Wildman–Crippen MR) is 30.8 cm³/mol. The van der Waals surface area contributed by atoms with E-state index < -0.39 is 18.7 Å². The predicted octanol–water partition coefficient (Wildman–Crippen LogP) is -0.000600. The minimum absolute atomic E-state index is 0.307. The van der Waals surface area contributed by atoms with Crippen LogP contribution in [-0.4, -0.2) is 42.3 Å². The molecule has 0 rings (SSSR count). The van der Waals surface area contributed by atoms with Gasteiger partial charge in [-0.1, -0.05) is 0 Å². The van der Waals surface area contributed by atoms with Crippen LogP contribution in [0.25, 0.3) is 0 Å². The molecule has 0 fully saturated rings. The van der Waals surface area contributed by atoms with Gasteiger partial charge in [-0.15, -0.1) is 0 Å². The van der Waals surface area contributed by atoms with Gasteiger partial charge in [0.15, 0.2) is 0 Å². The maximum absolute atomic E-state index is 11.6. The fourth-order valence-corrected chi connectivity index (χ4v) is 0.468. The normalized spacial score (nSPS) is 11.4. The van der Waals surface area contributed by atoms with Crippen LogP contribution in [-0.2, 0) is 4.79 Å². The van der Waals surface area contributed by atoms with E-state index in [9.17, 15) is 18.0 Å². The Balaban J connectivity index is 4.03. The second-order valence-corrected chi connectivity index (χ2v) is 1.95. The molecule has 0 aliphatic rings. The molecule has 0 spiro atoms. The van der Waals surface area contributed by atoms with Crippen molar-refractivity contribution in [3.05, 3.63) is 0 Å². The number of amides is 1. The van der Waals surface area contributed by atoms with E-state index in [0.717, 1.165) is 7.05 Å². The summed E-state index contributed by atoms with van der Waals surface area (Å²) in [5, 5.41) is 8.19. The second-order valence-electron chi connectivity index (χ2n) is 1.95. The topological polar surface area (TPSA) is 40.5 Å². The first kappa shape index (κ1) is 10.2. The first-order valence-corrected chi connectivity index (χ1v) is 2.82. The Morgan fingerprint density at radius 2 is 2.00 bits per heavy atom. The Bertz CT molecular complexity index is 145. The van der Waals surface area contributed by atoms with Crippen LogP contribution in [0.3, 0.4) is 0 Å². The van der Waals surface area contributed by atoms with E-state index in [1.165, 1.54) is 0 Å². The van der Waals surface area contributed by atoms with Crippen LogP contribution < -0.4 is 0 Å². The summed E-state index contributed by atoms with van der Waals surface area (Å²) in [6.07, 6.45) is -4.84. The summed E-state index contributed by atoms with van der Waals surface area (Å²) >= 11 is 0. The summed E-state index contributed by atoms with van der Waals surface area (Å²) in [7, 11) is 0.978. The molecule has 3 nitrogen and oxygen atoms in total. The first-order chi connectivity index (χ1) is 4.89. The molecule has 0 saturated carbocycles. The third-order valence-corrected chi connectivity index (χ3v) is 1.02. The molecule has 0 unspecified atom stereocenters. The van der Waals surface area contributed by atoms with Gasteiger partial charge in [-0.3, -0.25) is 4.79 Å². The Labute approximate surface area is 61.4 Å². The van der Waals surface area contributed by atoms with Gasteiger partial charge in [-0.25, -0.2) is 0 Å². The van der Waals surface area contributed by atoms with Gasteiger partial charge in [0, 0.05) is 13.6 Å². The molecule has 1 N–H and O–H groups in total. The quantitative estimate of drug-likeness (QED) is 0.635. The number of carbonyl (C=O) groups excluding carboxylic acids is 1. The molecular weight excluding hydrogens is 163 g/mol. The fraction of sp³-hybridized carbons (Fsp3) is 0.800. The Morgan fingerprint density at radius 1 is 1.55 bits per heavy atom. The number of nitrogens with zero attached hydrogens (tertiary/aromatic N) is 1. The van der Waals surface area contributed by atoms with Crippen LogP contribution in [0.1, 0.15) is 0 Å². The van der Waals surface area contributed by atoms with E-state index in [2.05, 4.69) is 0 Å². The number of likely N-dealkylation sites (N-methyl/N-ethyl adjacent to an activating group) is 1. The Kier molecular flexibility index (Phi) is 3.31. The zero-order valence-corrected chi connectivity index (χ0v) is 5.85. The number of rotatable bonds is 2. The number of hydrogen-bond donors (Lipinski definition) is 1. The third kappa shape index (κ3) is 3.22. The highest BCUT2D eigenvalue weighted by Crippen LogP contribution is 2.16. The van der Waals surface area contributed by atoms with Crippen LogP contribution in [0.2, 0.25) is 0 Å². The average molecular weight is 171 g/mol. The summed E-state index contributed by atoms with van der Waals surface area (Å²) in [6.45, 7) is -0.781. The molecule has 0 aromatic carbocycles. The van der Waals surface area contributed by atoms with Gasteiger partial charge in [-0.05, 0) is 0 Å². The number of aliphatic hydroxyl groups is 1. The molecule has 0 aliphatic heterocycles. The molecule has 11 heavy (non-hydrogen) atoms. The number of hydrogen-bond acceptors (Lipinski definition) is 2.